The normalized spacial score (nSPS) is 13.6. The monoisotopic (exact) mass is 296 g/mol. The third-order valence-corrected chi connectivity index (χ3v) is 4.50. The van der Waals surface area contributed by atoms with Gasteiger partial charge in [-0.05, 0) is 29.5 Å². The van der Waals surface area contributed by atoms with Crippen molar-refractivity contribution in [1.29, 1.82) is 0 Å². The van der Waals surface area contributed by atoms with Gasteiger partial charge in [0.15, 0.2) is 0 Å². The Bertz CT molecular complexity index is 724. The lowest BCUT2D eigenvalue weighted by Crippen LogP contribution is -2.36. The number of rotatable bonds is 2. The van der Waals surface area contributed by atoms with Crippen molar-refractivity contribution >= 4 is 17.2 Å². The maximum Gasteiger partial charge on any atom is 0.254 e. The number of thiophene rings is 1. The van der Waals surface area contributed by atoms with E-state index in [1.165, 1.54) is 0 Å². The van der Waals surface area contributed by atoms with Crippen LogP contribution in [0.1, 0.15) is 26.4 Å². The number of nitrogens with zero attached hydrogens (tertiary/aromatic N) is 1. The molecule has 3 rings (SSSR count). The number of fused-ring (bicyclic) bond motifs is 1. The van der Waals surface area contributed by atoms with Crippen molar-refractivity contribution in [2.24, 2.45) is 5.73 Å². The molecule has 2 N–H and O–H groups in total. The summed E-state index contributed by atoms with van der Waals surface area (Å²) in [5.74, 6) is 6.06. The van der Waals surface area contributed by atoms with Crippen molar-refractivity contribution in [1.82, 2.24) is 4.90 Å². The average Bonchev–Trinajstić information content (AvgIpc) is 2.95. The fourth-order valence-electron chi connectivity index (χ4n) is 2.52. The molecule has 0 saturated heterocycles. The van der Waals surface area contributed by atoms with E-state index >= 15 is 0 Å². The van der Waals surface area contributed by atoms with Crippen LogP contribution >= 0.6 is 11.3 Å². The number of carbonyl (C=O) groups is 1. The first-order valence-corrected chi connectivity index (χ1v) is 7.80. The molecule has 0 spiro atoms. The number of carbonyl (C=O) groups excluding carboxylic acids is 1. The second kappa shape index (κ2) is 6.13. The third kappa shape index (κ3) is 2.85. The molecule has 2 heterocycles. The van der Waals surface area contributed by atoms with Gasteiger partial charge in [0.1, 0.15) is 0 Å². The van der Waals surface area contributed by atoms with Gasteiger partial charge >= 0.3 is 0 Å². The van der Waals surface area contributed by atoms with Crippen LogP contribution < -0.4 is 5.73 Å². The average molecular weight is 296 g/mol. The molecule has 1 amide bonds. The van der Waals surface area contributed by atoms with Gasteiger partial charge in [-0.15, -0.1) is 11.3 Å². The van der Waals surface area contributed by atoms with Crippen LogP contribution in [0.3, 0.4) is 0 Å². The van der Waals surface area contributed by atoms with Gasteiger partial charge in [-0.25, -0.2) is 0 Å². The van der Waals surface area contributed by atoms with Crippen LogP contribution in [0.4, 0.5) is 0 Å². The number of nitrogens with two attached hydrogens (primary N) is 1. The molecule has 0 aliphatic carbocycles. The molecule has 0 fully saturated rings. The molecule has 1 aliphatic heterocycles. The van der Waals surface area contributed by atoms with E-state index < -0.39 is 0 Å². The smallest absolute Gasteiger partial charge is 0.254 e. The minimum atomic E-state index is 0.114. The molecule has 3 nitrogen and oxygen atoms in total. The fraction of sp³-hybridized carbons (Fsp3) is 0.235. The standard InChI is InChI=1S/C17H16N2OS/c18-9-3-5-14-8-11-21-16(14)12-19-10-7-13-4-1-2-6-15(13)17(19)20/h1-2,4,6,8,11H,7,9-10,12,18H2. The molecule has 1 aromatic carbocycles. The summed E-state index contributed by atoms with van der Waals surface area (Å²) < 4.78 is 0. The highest BCUT2D eigenvalue weighted by atomic mass is 32.1. The molecule has 0 saturated carbocycles. The van der Waals surface area contributed by atoms with Crippen LogP contribution in [-0.2, 0) is 13.0 Å². The van der Waals surface area contributed by atoms with E-state index in [0.717, 1.165) is 34.5 Å². The van der Waals surface area contributed by atoms with Gasteiger partial charge in [0.2, 0.25) is 0 Å². The summed E-state index contributed by atoms with van der Waals surface area (Å²) in [5.41, 5.74) is 8.38. The maximum absolute atomic E-state index is 12.5. The molecule has 0 radical (unpaired) electrons. The van der Waals surface area contributed by atoms with Gasteiger partial charge in [-0.1, -0.05) is 30.0 Å². The second-order valence-electron chi connectivity index (χ2n) is 4.90. The molecular weight excluding hydrogens is 280 g/mol. The fourth-order valence-corrected chi connectivity index (χ4v) is 3.36. The minimum absolute atomic E-state index is 0.114. The van der Waals surface area contributed by atoms with Gasteiger partial charge in [0.25, 0.3) is 5.91 Å². The molecule has 106 valence electrons. The number of hydrogen-bond acceptors (Lipinski definition) is 3. The van der Waals surface area contributed by atoms with Crippen molar-refractivity contribution in [3.05, 3.63) is 57.3 Å². The van der Waals surface area contributed by atoms with Crippen LogP contribution in [0.15, 0.2) is 35.7 Å². The molecule has 0 atom stereocenters. The number of benzene rings is 1. The lowest BCUT2D eigenvalue weighted by atomic mass is 9.99. The van der Waals surface area contributed by atoms with E-state index in [1.54, 1.807) is 11.3 Å². The first-order chi connectivity index (χ1) is 10.3. The van der Waals surface area contributed by atoms with E-state index in [0.29, 0.717) is 13.1 Å². The van der Waals surface area contributed by atoms with Gasteiger partial charge in [-0.3, -0.25) is 4.79 Å². The van der Waals surface area contributed by atoms with Crippen molar-refractivity contribution < 1.29 is 4.79 Å². The van der Waals surface area contributed by atoms with Crippen molar-refractivity contribution in [3.63, 3.8) is 0 Å². The summed E-state index contributed by atoms with van der Waals surface area (Å²) >= 11 is 1.64. The molecule has 21 heavy (non-hydrogen) atoms. The highest BCUT2D eigenvalue weighted by molar-refractivity contribution is 7.10. The Labute approximate surface area is 128 Å². The Morgan fingerprint density at radius 1 is 1.29 bits per heavy atom. The summed E-state index contributed by atoms with van der Waals surface area (Å²) in [7, 11) is 0. The van der Waals surface area contributed by atoms with Crippen LogP contribution in [0.25, 0.3) is 0 Å². The maximum atomic E-state index is 12.5. The summed E-state index contributed by atoms with van der Waals surface area (Å²) in [4.78, 5) is 15.6. The van der Waals surface area contributed by atoms with E-state index in [-0.39, 0.29) is 5.91 Å². The predicted molar refractivity (Wildman–Crippen MR) is 85.1 cm³/mol. The highest BCUT2D eigenvalue weighted by Crippen LogP contribution is 2.23. The summed E-state index contributed by atoms with van der Waals surface area (Å²) in [6.45, 7) is 1.74. The lowest BCUT2D eigenvalue weighted by Gasteiger charge is -2.28. The molecule has 2 aromatic rings. The molecule has 1 aliphatic rings. The Hall–Kier alpha value is -2.09. The molecule has 1 aromatic heterocycles. The Morgan fingerprint density at radius 3 is 3.00 bits per heavy atom. The van der Waals surface area contributed by atoms with Crippen LogP contribution in [0.5, 0.6) is 0 Å². The third-order valence-electron chi connectivity index (χ3n) is 3.59. The van der Waals surface area contributed by atoms with Crippen LogP contribution in [0, 0.1) is 11.8 Å². The second-order valence-corrected chi connectivity index (χ2v) is 5.90. The van der Waals surface area contributed by atoms with Gasteiger partial charge in [0.05, 0.1) is 13.1 Å². The minimum Gasteiger partial charge on any atom is -0.333 e. The predicted octanol–water partition coefficient (Wildman–Crippen LogP) is 2.26. The number of hydrogen-bond donors (Lipinski definition) is 1. The topological polar surface area (TPSA) is 46.3 Å². The summed E-state index contributed by atoms with van der Waals surface area (Å²) in [6, 6.07) is 9.84. The highest BCUT2D eigenvalue weighted by Gasteiger charge is 2.24. The Morgan fingerprint density at radius 2 is 2.14 bits per heavy atom. The van der Waals surface area contributed by atoms with E-state index in [9.17, 15) is 4.79 Å². The van der Waals surface area contributed by atoms with Gasteiger partial charge < -0.3 is 10.6 Å². The molecule has 0 unspecified atom stereocenters. The molecular formula is C17H16N2OS. The van der Waals surface area contributed by atoms with E-state index in [2.05, 4.69) is 11.8 Å². The zero-order valence-corrected chi connectivity index (χ0v) is 12.5. The quantitative estimate of drug-likeness (QED) is 0.864. The SMILES string of the molecule is NCC#Cc1ccsc1CN1CCc2ccccc2C1=O. The lowest BCUT2D eigenvalue weighted by molar-refractivity contribution is 0.0728. The van der Waals surface area contributed by atoms with Gasteiger partial charge in [-0.2, -0.15) is 0 Å². The van der Waals surface area contributed by atoms with E-state index in [4.69, 9.17) is 5.73 Å². The van der Waals surface area contributed by atoms with E-state index in [1.807, 2.05) is 40.6 Å². The first-order valence-electron chi connectivity index (χ1n) is 6.92. The van der Waals surface area contributed by atoms with Crippen molar-refractivity contribution in [2.45, 2.75) is 13.0 Å². The summed E-state index contributed by atoms with van der Waals surface area (Å²) in [5, 5.41) is 2.01. The molecule has 4 heteroatoms. The molecule has 0 bridgehead atoms. The zero-order chi connectivity index (χ0) is 14.7. The van der Waals surface area contributed by atoms with Crippen molar-refractivity contribution in [3.8, 4) is 11.8 Å². The Kier molecular flexibility index (Phi) is 4.05. The largest absolute Gasteiger partial charge is 0.333 e. The van der Waals surface area contributed by atoms with Crippen molar-refractivity contribution in [2.75, 3.05) is 13.1 Å². The van der Waals surface area contributed by atoms with Crippen LogP contribution in [0.2, 0.25) is 0 Å². The van der Waals surface area contributed by atoms with Gasteiger partial charge in [0, 0.05) is 22.5 Å². The first kappa shape index (κ1) is 13.9. The summed E-state index contributed by atoms with van der Waals surface area (Å²) in [6.07, 6.45) is 0.914. The zero-order valence-electron chi connectivity index (χ0n) is 11.6. The Balaban J connectivity index is 1.81. The number of amides is 1. The van der Waals surface area contributed by atoms with Crippen LogP contribution in [-0.4, -0.2) is 23.9 Å².